The molecule has 0 saturated heterocycles. The third-order valence-electron chi connectivity index (χ3n) is 2.08. The molecule has 1 aromatic carbocycles. The third kappa shape index (κ3) is 2.85. The molecule has 5 nitrogen and oxygen atoms in total. The van der Waals surface area contributed by atoms with Gasteiger partial charge in [-0.1, -0.05) is 0 Å². The van der Waals surface area contributed by atoms with E-state index in [9.17, 15) is 0 Å². The molecule has 0 amide bonds. The summed E-state index contributed by atoms with van der Waals surface area (Å²) in [6.45, 7) is 0. The third-order valence-corrected chi connectivity index (χ3v) is 2.70. The lowest BCUT2D eigenvalue weighted by atomic mass is 10.3. The Hall–Kier alpha value is -1.82. The number of aromatic nitrogens is 2. The lowest BCUT2D eigenvalue weighted by molar-refractivity contribution is 0.412. The first-order valence-electron chi connectivity index (χ1n) is 4.87. The lowest BCUT2D eigenvalue weighted by Crippen LogP contribution is -1.98. The van der Waals surface area contributed by atoms with Crippen LogP contribution >= 0.6 is 15.9 Å². The Morgan fingerprint density at radius 3 is 2.59 bits per heavy atom. The fourth-order valence-electron chi connectivity index (χ4n) is 1.28. The van der Waals surface area contributed by atoms with Crippen LogP contribution in [0.1, 0.15) is 0 Å². The number of benzene rings is 1. The van der Waals surface area contributed by atoms with Crippen molar-refractivity contribution in [3.63, 3.8) is 0 Å². The van der Waals surface area contributed by atoms with Crippen LogP contribution in [-0.4, -0.2) is 17.1 Å². The molecule has 0 fully saturated rings. The largest absolute Gasteiger partial charge is 0.496 e. The van der Waals surface area contributed by atoms with E-state index in [4.69, 9.17) is 10.5 Å². The van der Waals surface area contributed by atoms with Gasteiger partial charge in [-0.2, -0.15) is 0 Å². The van der Waals surface area contributed by atoms with Crippen molar-refractivity contribution in [2.75, 3.05) is 18.2 Å². The van der Waals surface area contributed by atoms with Gasteiger partial charge in [-0.15, -0.1) is 0 Å². The van der Waals surface area contributed by atoms with Gasteiger partial charge in [0.15, 0.2) is 0 Å². The van der Waals surface area contributed by atoms with Gasteiger partial charge in [-0.05, 0) is 34.1 Å². The Kier molecular flexibility index (Phi) is 3.43. The van der Waals surface area contributed by atoms with E-state index < -0.39 is 0 Å². The van der Waals surface area contributed by atoms with Crippen LogP contribution in [-0.2, 0) is 0 Å². The second-order valence-corrected chi connectivity index (χ2v) is 4.17. The predicted octanol–water partition coefficient (Wildman–Crippen LogP) is 2.57. The zero-order valence-corrected chi connectivity index (χ0v) is 10.7. The normalized spacial score (nSPS) is 10.0. The molecule has 17 heavy (non-hydrogen) atoms. The minimum absolute atomic E-state index is 0.497. The van der Waals surface area contributed by atoms with Crippen molar-refractivity contribution in [1.29, 1.82) is 0 Å². The fourth-order valence-corrected chi connectivity index (χ4v) is 1.82. The molecule has 0 aliphatic rings. The Labute approximate surface area is 107 Å². The molecule has 0 aliphatic heterocycles. The van der Waals surface area contributed by atoms with Gasteiger partial charge in [0, 0.05) is 5.69 Å². The molecular formula is C11H11BrN4O. The Morgan fingerprint density at radius 1 is 1.29 bits per heavy atom. The molecule has 0 unspecified atom stereocenters. The van der Waals surface area contributed by atoms with Gasteiger partial charge < -0.3 is 15.8 Å². The summed E-state index contributed by atoms with van der Waals surface area (Å²) in [4.78, 5) is 8.10. The highest BCUT2D eigenvalue weighted by atomic mass is 79.9. The van der Waals surface area contributed by atoms with Gasteiger partial charge in [0.2, 0.25) is 5.95 Å². The molecule has 6 heteroatoms. The zero-order valence-electron chi connectivity index (χ0n) is 9.14. The van der Waals surface area contributed by atoms with Gasteiger partial charge in [-0.3, -0.25) is 0 Å². The van der Waals surface area contributed by atoms with Gasteiger partial charge in [0.05, 0.1) is 29.7 Å². The van der Waals surface area contributed by atoms with Gasteiger partial charge in [0.25, 0.3) is 0 Å². The first-order chi connectivity index (χ1) is 8.19. The van der Waals surface area contributed by atoms with E-state index in [0.717, 1.165) is 15.9 Å². The summed E-state index contributed by atoms with van der Waals surface area (Å²) in [7, 11) is 1.62. The van der Waals surface area contributed by atoms with Crippen LogP contribution < -0.4 is 15.8 Å². The fraction of sp³-hybridized carbons (Fsp3) is 0.0909. The standard InChI is InChI=1S/C11H11BrN4O/c1-17-10-3-2-8(4-9(10)12)16-11-14-5-7(13)6-15-11/h2-6H,13H2,1H3,(H,14,15,16). The number of ether oxygens (including phenoxy) is 1. The molecule has 0 radical (unpaired) electrons. The summed E-state index contributed by atoms with van der Waals surface area (Å²) >= 11 is 3.41. The number of rotatable bonds is 3. The van der Waals surface area contributed by atoms with Crippen LogP contribution in [0.3, 0.4) is 0 Å². The van der Waals surface area contributed by atoms with Crippen molar-refractivity contribution < 1.29 is 4.74 Å². The molecule has 1 heterocycles. The highest BCUT2D eigenvalue weighted by Gasteiger charge is 2.02. The van der Waals surface area contributed by atoms with E-state index in [1.54, 1.807) is 19.5 Å². The molecule has 0 aliphatic carbocycles. The van der Waals surface area contributed by atoms with Crippen LogP contribution in [0.4, 0.5) is 17.3 Å². The molecule has 88 valence electrons. The number of hydrogen-bond acceptors (Lipinski definition) is 5. The number of nitrogens with one attached hydrogen (secondary N) is 1. The van der Waals surface area contributed by atoms with Crippen molar-refractivity contribution in [3.8, 4) is 5.75 Å². The maximum absolute atomic E-state index is 5.51. The Balaban J connectivity index is 2.19. The number of halogens is 1. The van der Waals surface area contributed by atoms with Crippen LogP contribution in [0.5, 0.6) is 5.75 Å². The van der Waals surface area contributed by atoms with Crippen molar-refractivity contribution in [3.05, 3.63) is 35.1 Å². The number of methoxy groups -OCH3 is 1. The van der Waals surface area contributed by atoms with Crippen LogP contribution in [0, 0.1) is 0 Å². The van der Waals surface area contributed by atoms with Gasteiger partial charge in [0.1, 0.15) is 5.75 Å². The van der Waals surface area contributed by atoms with Crippen molar-refractivity contribution >= 4 is 33.3 Å². The quantitative estimate of drug-likeness (QED) is 0.910. The van der Waals surface area contributed by atoms with Gasteiger partial charge in [-0.25, -0.2) is 9.97 Å². The van der Waals surface area contributed by atoms with E-state index in [0.29, 0.717) is 11.6 Å². The summed E-state index contributed by atoms with van der Waals surface area (Å²) in [5, 5.41) is 3.06. The maximum Gasteiger partial charge on any atom is 0.227 e. The lowest BCUT2D eigenvalue weighted by Gasteiger charge is -2.07. The molecule has 0 bridgehead atoms. The number of nitrogen functional groups attached to an aromatic ring is 1. The number of anilines is 3. The smallest absolute Gasteiger partial charge is 0.227 e. The molecule has 2 rings (SSSR count). The average Bonchev–Trinajstić information content (AvgIpc) is 2.32. The van der Waals surface area contributed by atoms with E-state index in [1.807, 2.05) is 18.2 Å². The van der Waals surface area contributed by atoms with E-state index in [-0.39, 0.29) is 0 Å². The molecule has 0 spiro atoms. The first kappa shape index (κ1) is 11.7. The second kappa shape index (κ2) is 5.01. The highest BCUT2D eigenvalue weighted by molar-refractivity contribution is 9.10. The Bertz CT molecular complexity index is 515. The molecule has 1 aromatic heterocycles. The van der Waals surface area contributed by atoms with Gasteiger partial charge >= 0.3 is 0 Å². The molecule has 0 saturated carbocycles. The van der Waals surface area contributed by atoms with Crippen LogP contribution in [0.25, 0.3) is 0 Å². The molecule has 2 aromatic rings. The van der Waals surface area contributed by atoms with E-state index in [2.05, 4.69) is 31.2 Å². The molecular weight excluding hydrogens is 284 g/mol. The SMILES string of the molecule is COc1ccc(Nc2ncc(N)cn2)cc1Br. The molecule has 3 N–H and O–H groups in total. The maximum atomic E-state index is 5.51. The summed E-state index contributed by atoms with van der Waals surface area (Å²) in [5.74, 6) is 1.27. The Morgan fingerprint density at radius 2 is 2.00 bits per heavy atom. The summed E-state index contributed by atoms with van der Waals surface area (Å²) in [5.41, 5.74) is 6.90. The van der Waals surface area contributed by atoms with Crippen molar-refractivity contribution in [1.82, 2.24) is 9.97 Å². The minimum Gasteiger partial charge on any atom is -0.496 e. The number of nitrogens with zero attached hydrogens (tertiary/aromatic N) is 2. The van der Waals surface area contributed by atoms with Crippen molar-refractivity contribution in [2.24, 2.45) is 0 Å². The summed E-state index contributed by atoms with van der Waals surface area (Å²) in [6, 6.07) is 5.62. The topological polar surface area (TPSA) is 73.1 Å². The predicted molar refractivity (Wildman–Crippen MR) is 70.4 cm³/mol. The summed E-state index contributed by atoms with van der Waals surface area (Å²) in [6.07, 6.45) is 3.10. The number of nitrogens with two attached hydrogens (primary N) is 1. The minimum atomic E-state index is 0.497. The van der Waals surface area contributed by atoms with Crippen molar-refractivity contribution in [2.45, 2.75) is 0 Å². The van der Waals surface area contributed by atoms with Crippen LogP contribution in [0.2, 0.25) is 0 Å². The zero-order chi connectivity index (χ0) is 12.3. The second-order valence-electron chi connectivity index (χ2n) is 3.31. The average molecular weight is 295 g/mol. The first-order valence-corrected chi connectivity index (χ1v) is 5.66. The highest BCUT2D eigenvalue weighted by Crippen LogP contribution is 2.28. The number of hydrogen-bond donors (Lipinski definition) is 2. The van der Waals surface area contributed by atoms with E-state index >= 15 is 0 Å². The van der Waals surface area contributed by atoms with Crippen LogP contribution in [0.15, 0.2) is 35.1 Å². The van der Waals surface area contributed by atoms with E-state index in [1.165, 1.54) is 0 Å². The molecule has 0 atom stereocenters. The summed E-state index contributed by atoms with van der Waals surface area (Å²) < 4.78 is 6.00. The monoisotopic (exact) mass is 294 g/mol.